The molecule has 64 valence electrons. The molecule has 12 heavy (non-hydrogen) atoms. The molecular weight excluding hydrogens is 172 g/mol. The van der Waals surface area contributed by atoms with Gasteiger partial charge in [0, 0.05) is 5.41 Å². The van der Waals surface area contributed by atoms with Crippen LogP contribution in [0.25, 0.3) is 0 Å². The van der Waals surface area contributed by atoms with E-state index in [9.17, 15) is 4.79 Å². The zero-order valence-corrected chi connectivity index (χ0v) is 7.60. The van der Waals surface area contributed by atoms with E-state index in [0.29, 0.717) is 0 Å². The topological polar surface area (TPSA) is 37.3 Å². The Kier molecular flexibility index (Phi) is 1.51. The van der Waals surface area contributed by atoms with E-state index in [2.05, 4.69) is 0 Å². The maximum absolute atomic E-state index is 10.7. The van der Waals surface area contributed by atoms with Crippen LogP contribution in [0.5, 0.6) is 0 Å². The summed E-state index contributed by atoms with van der Waals surface area (Å²) in [7, 11) is 0. The fourth-order valence-electron chi connectivity index (χ4n) is 1.63. The van der Waals surface area contributed by atoms with Gasteiger partial charge in [-0.1, -0.05) is 6.92 Å². The first-order chi connectivity index (χ1) is 5.64. The molecule has 2 unspecified atom stereocenters. The molecule has 2 atom stereocenters. The second-order valence-electron chi connectivity index (χ2n) is 3.52. The highest BCUT2D eigenvalue weighted by Crippen LogP contribution is 2.54. The number of rotatable bonds is 2. The maximum atomic E-state index is 10.7. The molecule has 1 fully saturated rings. The highest BCUT2D eigenvalue weighted by atomic mass is 32.1. The van der Waals surface area contributed by atoms with Crippen molar-refractivity contribution in [2.24, 2.45) is 5.92 Å². The average molecular weight is 182 g/mol. The fraction of sp³-hybridized carbons (Fsp3) is 0.444. The largest absolute Gasteiger partial charge is 0.481 e. The zero-order valence-electron chi connectivity index (χ0n) is 6.78. The number of aliphatic carboxylic acids is 1. The summed E-state index contributed by atoms with van der Waals surface area (Å²) in [6, 6.07) is 2.02. The van der Waals surface area contributed by atoms with Crippen LogP contribution in [0.1, 0.15) is 18.9 Å². The lowest BCUT2D eigenvalue weighted by Crippen LogP contribution is -2.09. The van der Waals surface area contributed by atoms with E-state index in [-0.39, 0.29) is 11.3 Å². The Morgan fingerprint density at radius 1 is 1.83 bits per heavy atom. The van der Waals surface area contributed by atoms with Crippen LogP contribution >= 0.6 is 11.3 Å². The van der Waals surface area contributed by atoms with Crippen LogP contribution in [0.15, 0.2) is 16.8 Å². The highest BCUT2D eigenvalue weighted by molar-refractivity contribution is 7.08. The van der Waals surface area contributed by atoms with Gasteiger partial charge < -0.3 is 5.11 Å². The second kappa shape index (κ2) is 2.33. The van der Waals surface area contributed by atoms with Gasteiger partial charge in [-0.05, 0) is 28.8 Å². The van der Waals surface area contributed by atoms with Crippen molar-refractivity contribution in [2.45, 2.75) is 18.8 Å². The molecule has 0 radical (unpaired) electrons. The standard InChI is InChI=1S/C9H10O2S/c1-9(4-7(9)8(10)11)6-2-3-12-5-6/h2-3,5,7H,4H2,1H3,(H,10,11). The van der Waals surface area contributed by atoms with Crippen LogP contribution in [0.3, 0.4) is 0 Å². The molecule has 1 saturated carbocycles. The molecular formula is C9H10O2S. The lowest BCUT2D eigenvalue weighted by molar-refractivity contribution is -0.138. The molecule has 0 saturated heterocycles. The number of hydrogen-bond donors (Lipinski definition) is 1. The summed E-state index contributed by atoms with van der Waals surface area (Å²) in [4.78, 5) is 10.7. The third-order valence-corrected chi connectivity index (χ3v) is 3.40. The molecule has 3 heteroatoms. The molecule has 0 aromatic carbocycles. The summed E-state index contributed by atoms with van der Waals surface area (Å²) in [6.45, 7) is 2.02. The van der Waals surface area contributed by atoms with E-state index in [1.807, 2.05) is 23.8 Å². The van der Waals surface area contributed by atoms with Crippen molar-refractivity contribution < 1.29 is 9.90 Å². The normalized spacial score (nSPS) is 33.2. The van der Waals surface area contributed by atoms with Gasteiger partial charge in [-0.3, -0.25) is 4.79 Å². The Morgan fingerprint density at radius 3 is 3.00 bits per heavy atom. The van der Waals surface area contributed by atoms with Gasteiger partial charge in [-0.25, -0.2) is 0 Å². The first-order valence-electron chi connectivity index (χ1n) is 3.90. The van der Waals surface area contributed by atoms with Gasteiger partial charge in [0.15, 0.2) is 0 Å². The Balaban J connectivity index is 2.23. The fourth-order valence-corrected chi connectivity index (χ4v) is 2.43. The van der Waals surface area contributed by atoms with Gasteiger partial charge in [0.1, 0.15) is 0 Å². The molecule has 1 aliphatic carbocycles. The molecule has 1 N–H and O–H groups in total. The maximum Gasteiger partial charge on any atom is 0.307 e. The van der Waals surface area contributed by atoms with Gasteiger partial charge in [-0.15, -0.1) is 0 Å². The molecule has 1 aromatic rings. The van der Waals surface area contributed by atoms with Crippen molar-refractivity contribution >= 4 is 17.3 Å². The number of carbonyl (C=O) groups is 1. The minimum absolute atomic E-state index is 0.0775. The molecule has 0 amide bonds. The first-order valence-corrected chi connectivity index (χ1v) is 4.84. The average Bonchev–Trinajstić information content (AvgIpc) is 2.52. The lowest BCUT2D eigenvalue weighted by Gasteiger charge is -2.05. The van der Waals surface area contributed by atoms with Crippen molar-refractivity contribution in [3.8, 4) is 0 Å². The van der Waals surface area contributed by atoms with E-state index in [1.54, 1.807) is 11.3 Å². The van der Waals surface area contributed by atoms with Crippen molar-refractivity contribution in [3.05, 3.63) is 22.4 Å². The number of carboxylic acids is 1. The van der Waals surface area contributed by atoms with Gasteiger partial charge in [0.05, 0.1) is 5.92 Å². The smallest absolute Gasteiger partial charge is 0.307 e. The third kappa shape index (κ3) is 0.966. The molecule has 1 aromatic heterocycles. The van der Waals surface area contributed by atoms with Crippen LogP contribution in [-0.4, -0.2) is 11.1 Å². The summed E-state index contributed by atoms with van der Waals surface area (Å²) < 4.78 is 0. The van der Waals surface area contributed by atoms with E-state index < -0.39 is 5.97 Å². The molecule has 0 aliphatic heterocycles. The minimum Gasteiger partial charge on any atom is -0.481 e. The molecule has 1 heterocycles. The monoisotopic (exact) mass is 182 g/mol. The minimum atomic E-state index is -0.663. The molecule has 1 aliphatic rings. The molecule has 2 rings (SSSR count). The zero-order chi connectivity index (χ0) is 8.77. The van der Waals surface area contributed by atoms with Crippen LogP contribution in [0.4, 0.5) is 0 Å². The molecule has 0 bridgehead atoms. The SMILES string of the molecule is CC1(c2ccsc2)CC1C(=O)O. The van der Waals surface area contributed by atoms with Gasteiger partial charge >= 0.3 is 5.97 Å². The quantitative estimate of drug-likeness (QED) is 0.760. The summed E-state index contributed by atoms with van der Waals surface area (Å²) in [5, 5.41) is 12.8. The summed E-state index contributed by atoms with van der Waals surface area (Å²) in [6.07, 6.45) is 0.791. The van der Waals surface area contributed by atoms with Crippen molar-refractivity contribution in [1.29, 1.82) is 0 Å². The highest BCUT2D eigenvalue weighted by Gasteiger charge is 2.56. The van der Waals surface area contributed by atoms with Crippen molar-refractivity contribution in [1.82, 2.24) is 0 Å². The van der Waals surface area contributed by atoms with E-state index >= 15 is 0 Å². The number of hydrogen-bond acceptors (Lipinski definition) is 2. The predicted molar refractivity (Wildman–Crippen MR) is 47.4 cm³/mol. The van der Waals surface area contributed by atoms with Gasteiger partial charge in [-0.2, -0.15) is 11.3 Å². The van der Waals surface area contributed by atoms with Crippen LogP contribution in [0.2, 0.25) is 0 Å². The molecule has 2 nitrogen and oxygen atoms in total. The van der Waals surface area contributed by atoms with E-state index in [4.69, 9.17) is 5.11 Å². The lowest BCUT2D eigenvalue weighted by atomic mass is 9.99. The van der Waals surface area contributed by atoms with Crippen molar-refractivity contribution in [2.75, 3.05) is 0 Å². The van der Waals surface area contributed by atoms with Crippen LogP contribution in [0, 0.1) is 5.92 Å². The number of carboxylic acid groups (broad SMARTS) is 1. The predicted octanol–water partition coefficient (Wildman–Crippen LogP) is 2.11. The Labute approximate surface area is 74.8 Å². The Morgan fingerprint density at radius 2 is 2.58 bits per heavy atom. The van der Waals surface area contributed by atoms with E-state index in [1.165, 1.54) is 5.56 Å². The van der Waals surface area contributed by atoms with Crippen LogP contribution < -0.4 is 0 Å². The summed E-state index contributed by atoms with van der Waals surface area (Å²) in [5.74, 6) is -0.823. The Bertz CT molecular complexity index is 304. The Hall–Kier alpha value is -0.830. The van der Waals surface area contributed by atoms with Gasteiger partial charge in [0.25, 0.3) is 0 Å². The van der Waals surface area contributed by atoms with Crippen molar-refractivity contribution in [3.63, 3.8) is 0 Å². The number of thiophene rings is 1. The summed E-state index contributed by atoms with van der Waals surface area (Å²) >= 11 is 1.63. The van der Waals surface area contributed by atoms with Gasteiger partial charge in [0.2, 0.25) is 0 Å². The molecule has 0 spiro atoms. The van der Waals surface area contributed by atoms with Crippen LogP contribution in [-0.2, 0) is 10.2 Å². The van der Waals surface area contributed by atoms with E-state index in [0.717, 1.165) is 6.42 Å². The first kappa shape index (κ1) is 7.80. The summed E-state index contributed by atoms with van der Waals surface area (Å²) in [5.41, 5.74) is 1.10. The second-order valence-corrected chi connectivity index (χ2v) is 4.30. The third-order valence-electron chi connectivity index (χ3n) is 2.72.